The number of ether oxygens (including phenoxy) is 1. The standard InChI is InChI=1S/C14H20ClN3O3/c1-3-17-12(19)5-6-18-13-10(14(20)21-4-2)7-9(16)8-11(13)15/h7-8,18H,3-6,16H2,1-2H3,(H,17,19). The molecule has 0 saturated heterocycles. The minimum absolute atomic E-state index is 0.0748. The van der Waals surface area contributed by atoms with Gasteiger partial charge in [0.25, 0.3) is 0 Å². The van der Waals surface area contributed by atoms with Crippen LogP contribution in [-0.4, -0.2) is 31.6 Å². The van der Waals surface area contributed by atoms with E-state index in [0.29, 0.717) is 29.5 Å². The first-order chi connectivity index (χ1) is 9.99. The van der Waals surface area contributed by atoms with Gasteiger partial charge in [0.2, 0.25) is 5.91 Å². The minimum Gasteiger partial charge on any atom is -0.462 e. The molecule has 0 fully saturated rings. The predicted octanol–water partition coefficient (Wildman–Crippen LogP) is 2.04. The number of hydrogen-bond acceptors (Lipinski definition) is 5. The van der Waals surface area contributed by atoms with E-state index >= 15 is 0 Å². The maximum absolute atomic E-state index is 11.9. The summed E-state index contributed by atoms with van der Waals surface area (Å²) in [6.45, 7) is 4.75. The molecule has 1 aromatic rings. The Morgan fingerprint density at radius 1 is 1.33 bits per heavy atom. The number of esters is 1. The summed E-state index contributed by atoms with van der Waals surface area (Å²) in [6, 6.07) is 3.04. The number of carbonyl (C=O) groups is 2. The molecule has 4 N–H and O–H groups in total. The van der Waals surface area contributed by atoms with Crippen LogP contribution in [0.15, 0.2) is 12.1 Å². The van der Waals surface area contributed by atoms with Crippen molar-refractivity contribution in [3.05, 3.63) is 22.7 Å². The van der Waals surface area contributed by atoms with E-state index in [4.69, 9.17) is 22.1 Å². The summed E-state index contributed by atoms with van der Waals surface area (Å²) in [5.41, 5.74) is 6.75. The molecule has 1 amide bonds. The van der Waals surface area contributed by atoms with Gasteiger partial charge >= 0.3 is 5.97 Å². The molecule has 0 heterocycles. The fourth-order valence-corrected chi connectivity index (χ4v) is 2.06. The molecular weight excluding hydrogens is 294 g/mol. The van der Waals surface area contributed by atoms with E-state index in [1.807, 2.05) is 6.92 Å². The highest BCUT2D eigenvalue weighted by atomic mass is 35.5. The van der Waals surface area contributed by atoms with Crippen molar-refractivity contribution in [1.82, 2.24) is 5.32 Å². The van der Waals surface area contributed by atoms with Gasteiger partial charge in [-0.3, -0.25) is 4.79 Å². The van der Waals surface area contributed by atoms with Gasteiger partial charge in [0.15, 0.2) is 0 Å². The molecule has 0 aromatic heterocycles. The van der Waals surface area contributed by atoms with E-state index in [1.165, 1.54) is 6.07 Å². The van der Waals surface area contributed by atoms with Crippen molar-refractivity contribution >= 4 is 34.9 Å². The number of amides is 1. The first-order valence-corrected chi connectivity index (χ1v) is 7.14. The molecular formula is C14H20ClN3O3. The van der Waals surface area contributed by atoms with Crippen molar-refractivity contribution in [3.63, 3.8) is 0 Å². The zero-order valence-corrected chi connectivity index (χ0v) is 12.9. The van der Waals surface area contributed by atoms with Crippen LogP contribution in [0.25, 0.3) is 0 Å². The van der Waals surface area contributed by atoms with Crippen molar-refractivity contribution in [3.8, 4) is 0 Å². The van der Waals surface area contributed by atoms with E-state index in [-0.39, 0.29) is 24.5 Å². The lowest BCUT2D eigenvalue weighted by molar-refractivity contribution is -0.120. The van der Waals surface area contributed by atoms with E-state index in [9.17, 15) is 9.59 Å². The number of rotatable bonds is 7. The fourth-order valence-electron chi connectivity index (χ4n) is 1.76. The lowest BCUT2D eigenvalue weighted by Crippen LogP contribution is -2.25. The zero-order chi connectivity index (χ0) is 15.8. The van der Waals surface area contributed by atoms with Crippen LogP contribution in [0.1, 0.15) is 30.6 Å². The number of hydrogen-bond donors (Lipinski definition) is 3. The molecule has 0 aliphatic heterocycles. The molecule has 0 aliphatic rings. The number of carbonyl (C=O) groups excluding carboxylic acids is 2. The molecule has 0 saturated carbocycles. The van der Waals surface area contributed by atoms with Gasteiger partial charge in [-0.25, -0.2) is 4.79 Å². The van der Waals surface area contributed by atoms with E-state index in [0.717, 1.165) is 0 Å². The molecule has 0 unspecified atom stereocenters. The SMILES string of the molecule is CCNC(=O)CCNc1c(Cl)cc(N)cc1C(=O)OCC. The van der Waals surface area contributed by atoms with Crippen LogP contribution in [0.5, 0.6) is 0 Å². The van der Waals surface area contributed by atoms with Crippen molar-refractivity contribution in [2.75, 3.05) is 30.7 Å². The van der Waals surface area contributed by atoms with Gasteiger partial charge in [-0.1, -0.05) is 11.6 Å². The summed E-state index contributed by atoms with van der Waals surface area (Å²) < 4.78 is 4.97. The molecule has 0 bridgehead atoms. The topological polar surface area (TPSA) is 93.5 Å². The second kappa shape index (κ2) is 8.36. The predicted molar refractivity (Wildman–Crippen MR) is 83.6 cm³/mol. The van der Waals surface area contributed by atoms with Gasteiger partial charge in [-0.15, -0.1) is 0 Å². The molecule has 0 spiro atoms. The number of nitrogens with one attached hydrogen (secondary N) is 2. The fraction of sp³-hybridized carbons (Fsp3) is 0.429. The molecule has 0 atom stereocenters. The second-order valence-corrected chi connectivity index (χ2v) is 4.68. The maximum atomic E-state index is 11.9. The Balaban J connectivity index is 2.84. The average Bonchev–Trinajstić information content (AvgIpc) is 2.41. The van der Waals surface area contributed by atoms with Gasteiger partial charge in [0.05, 0.1) is 22.9 Å². The number of nitrogen functional groups attached to an aromatic ring is 1. The number of benzene rings is 1. The summed E-state index contributed by atoms with van der Waals surface area (Å²) in [6.07, 6.45) is 0.275. The van der Waals surface area contributed by atoms with E-state index < -0.39 is 5.97 Å². The Morgan fingerprint density at radius 2 is 2.05 bits per heavy atom. The summed E-state index contributed by atoms with van der Waals surface area (Å²) >= 11 is 6.10. The Labute approximate surface area is 129 Å². The number of nitrogens with two attached hydrogens (primary N) is 1. The third-order valence-corrected chi connectivity index (χ3v) is 2.93. The molecule has 0 radical (unpaired) electrons. The smallest absolute Gasteiger partial charge is 0.340 e. The quantitative estimate of drug-likeness (QED) is 0.529. The summed E-state index contributed by atoms with van der Waals surface area (Å²) in [7, 11) is 0. The van der Waals surface area contributed by atoms with Gasteiger partial charge in [0.1, 0.15) is 0 Å². The van der Waals surface area contributed by atoms with Crippen LogP contribution in [0, 0.1) is 0 Å². The highest BCUT2D eigenvalue weighted by Crippen LogP contribution is 2.29. The lowest BCUT2D eigenvalue weighted by Gasteiger charge is -2.14. The largest absolute Gasteiger partial charge is 0.462 e. The molecule has 6 nitrogen and oxygen atoms in total. The van der Waals surface area contributed by atoms with E-state index in [1.54, 1.807) is 13.0 Å². The van der Waals surface area contributed by atoms with Gasteiger partial charge in [-0.2, -0.15) is 0 Å². The third kappa shape index (κ3) is 5.15. The first-order valence-electron chi connectivity index (χ1n) is 6.76. The second-order valence-electron chi connectivity index (χ2n) is 4.28. The first kappa shape index (κ1) is 17.1. The molecule has 0 aliphatic carbocycles. The maximum Gasteiger partial charge on any atom is 0.340 e. The Kier molecular flexibility index (Phi) is 6.81. The molecule has 116 valence electrons. The number of halogens is 1. The monoisotopic (exact) mass is 313 g/mol. The Hall–Kier alpha value is -1.95. The lowest BCUT2D eigenvalue weighted by atomic mass is 10.1. The molecule has 7 heteroatoms. The summed E-state index contributed by atoms with van der Waals surface area (Å²) in [4.78, 5) is 23.3. The van der Waals surface area contributed by atoms with Crippen LogP contribution < -0.4 is 16.4 Å². The molecule has 1 aromatic carbocycles. The van der Waals surface area contributed by atoms with Crippen molar-refractivity contribution < 1.29 is 14.3 Å². The van der Waals surface area contributed by atoms with Crippen LogP contribution >= 0.6 is 11.6 Å². The van der Waals surface area contributed by atoms with Crippen LogP contribution in [0.3, 0.4) is 0 Å². The summed E-state index contributed by atoms with van der Waals surface area (Å²) in [5.74, 6) is -0.582. The van der Waals surface area contributed by atoms with Crippen LogP contribution in [0.4, 0.5) is 11.4 Å². The van der Waals surface area contributed by atoms with E-state index in [2.05, 4.69) is 10.6 Å². The zero-order valence-electron chi connectivity index (χ0n) is 12.2. The average molecular weight is 314 g/mol. The Bertz CT molecular complexity index is 520. The normalized spacial score (nSPS) is 10.0. The van der Waals surface area contributed by atoms with Gasteiger partial charge in [0, 0.05) is 25.2 Å². The van der Waals surface area contributed by atoms with Crippen LogP contribution in [-0.2, 0) is 9.53 Å². The third-order valence-electron chi connectivity index (χ3n) is 2.64. The van der Waals surface area contributed by atoms with Crippen LogP contribution in [0.2, 0.25) is 5.02 Å². The van der Waals surface area contributed by atoms with Crippen molar-refractivity contribution in [2.45, 2.75) is 20.3 Å². The highest BCUT2D eigenvalue weighted by Gasteiger charge is 2.16. The van der Waals surface area contributed by atoms with Gasteiger partial charge in [-0.05, 0) is 26.0 Å². The van der Waals surface area contributed by atoms with Crippen molar-refractivity contribution in [2.24, 2.45) is 0 Å². The Morgan fingerprint density at radius 3 is 2.67 bits per heavy atom. The van der Waals surface area contributed by atoms with Gasteiger partial charge < -0.3 is 21.1 Å². The number of anilines is 2. The molecule has 1 rings (SSSR count). The summed E-state index contributed by atoms with van der Waals surface area (Å²) in [5, 5.41) is 5.99. The minimum atomic E-state index is -0.507. The highest BCUT2D eigenvalue weighted by molar-refractivity contribution is 6.34. The molecule has 21 heavy (non-hydrogen) atoms. The van der Waals surface area contributed by atoms with Crippen molar-refractivity contribution in [1.29, 1.82) is 0 Å².